The Labute approximate surface area is 158 Å². The molecular weight excluding hydrogens is 377 g/mol. The molecule has 1 atom stereocenters. The minimum Gasteiger partial charge on any atom is -0.327 e. The summed E-state index contributed by atoms with van der Waals surface area (Å²) in [5.74, 6) is -0.0478. The lowest BCUT2D eigenvalue weighted by Crippen LogP contribution is -2.26. The Balaban J connectivity index is 1.81. The molecule has 1 aliphatic rings. The molecule has 0 fully saturated rings. The number of H-pyrrole nitrogens is 1. The van der Waals surface area contributed by atoms with Gasteiger partial charge in [-0.25, -0.2) is 0 Å². The Hall–Kier alpha value is -2.09. The van der Waals surface area contributed by atoms with Gasteiger partial charge in [0, 0.05) is 11.1 Å². The van der Waals surface area contributed by atoms with Crippen LogP contribution in [0.3, 0.4) is 0 Å². The van der Waals surface area contributed by atoms with E-state index < -0.39 is 28.9 Å². The van der Waals surface area contributed by atoms with E-state index in [2.05, 4.69) is 26.1 Å². The lowest BCUT2D eigenvalue weighted by Gasteiger charge is -2.33. The van der Waals surface area contributed by atoms with Gasteiger partial charge in [-0.15, -0.1) is 11.3 Å². The summed E-state index contributed by atoms with van der Waals surface area (Å²) in [6.07, 6.45) is -1.19. The number of rotatable bonds is 2. The van der Waals surface area contributed by atoms with Gasteiger partial charge in [0.2, 0.25) is 0 Å². The predicted molar refractivity (Wildman–Crippen MR) is 99.3 cm³/mol. The van der Waals surface area contributed by atoms with E-state index in [-0.39, 0.29) is 5.41 Å². The summed E-state index contributed by atoms with van der Waals surface area (Å²) in [4.78, 5) is 27.8. The summed E-state index contributed by atoms with van der Waals surface area (Å²) in [6, 6.07) is 2.45. The fourth-order valence-corrected chi connectivity index (χ4v) is 4.40. The lowest BCUT2D eigenvalue weighted by atomic mass is 9.72. The molecule has 2 N–H and O–H groups in total. The monoisotopic (exact) mass is 398 g/mol. The van der Waals surface area contributed by atoms with Crippen LogP contribution in [0.1, 0.15) is 52.9 Å². The number of alkyl halides is 3. The van der Waals surface area contributed by atoms with Gasteiger partial charge < -0.3 is 10.3 Å². The van der Waals surface area contributed by atoms with Gasteiger partial charge in [-0.1, -0.05) is 20.8 Å². The number of nitrogens with one attached hydrogen (secondary N) is 2. The van der Waals surface area contributed by atoms with Crippen molar-refractivity contribution in [3.8, 4) is 0 Å². The van der Waals surface area contributed by atoms with Crippen LogP contribution in [0.15, 0.2) is 23.1 Å². The zero-order valence-electron chi connectivity index (χ0n) is 15.3. The Bertz CT molecular complexity index is 922. The fourth-order valence-electron chi connectivity index (χ4n) is 3.30. The van der Waals surface area contributed by atoms with Crippen molar-refractivity contribution >= 4 is 22.9 Å². The molecule has 0 bridgehead atoms. The van der Waals surface area contributed by atoms with Crippen LogP contribution in [0.4, 0.5) is 18.9 Å². The van der Waals surface area contributed by atoms with E-state index in [0.717, 1.165) is 29.7 Å². The maximum Gasteiger partial charge on any atom is 0.417 e. The van der Waals surface area contributed by atoms with Crippen LogP contribution in [0.5, 0.6) is 0 Å². The first-order chi connectivity index (χ1) is 12.4. The minimum atomic E-state index is -4.60. The van der Waals surface area contributed by atoms with E-state index in [9.17, 15) is 22.8 Å². The molecule has 2 heterocycles. The molecule has 0 aromatic carbocycles. The Morgan fingerprint density at radius 3 is 2.59 bits per heavy atom. The van der Waals surface area contributed by atoms with Gasteiger partial charge in [0.25, 0.3) is 11.5 Å². The third-order valence-corrected chi connectivity index (χ3v) is 6.25. The minimum absolute atomic E-state index is 0.174. The van der Waals surface area contributed by atoms with Gasteiger partial charge >= 0.3 is 6.18 Å². The number of fused-ring (bicyclic) bond motifs is 1. The molecule has 0 spiro atoms. The molecular formula is C19H21F3N2O2S. The zero-order chi connectivity index (χ0) is 20.0. The molecule has 1 amide bonds. The summed E-state index contributed by atoms with van der Waals surface area (Å²) in [5, 5.41) is 2.32. The van der Waals surface area contributed by atoms with Gasteiger partial charge in [0.15, 0.2) is 0 Å². The Morgan fingerprint density at radius 2 is 1.96 bits per heavy atom. The number of hydrogen-bond acceptors (Lipinski definition) is 3. The SMILES string of the molecule is CC(C)(C)C1CCc2sc(C(=O)Nc3cc(C(F)(F)F)c[nH]c3=O)cc2C1. The van der Waals surface area contributed by atoms with Crippen LogP contribution >= 0.6 is 11.3 Å². The Kier molecular flexibility index (Phi) is 4.96. The number of hydrogen-bond donors (Lipinski definition) is 2. The highest BCUT2D eigenvalue weighted by atomic mass is 32.1. The van der Waals surface area contributed by atoms with E-state index in [0.29, 0.717) is 23.1 Å². The van der Waals surface area contributed by atoms with Crippen molar-refractivity contribution in [2.24, 2.45) is 11.3 Å². The van der Waals surface area contributed by atoms with Gasteiger partial charge in [0.05, 0.1) is 10.4 Å². The lowest BCUT2D eigenvalue weighted by molar-refractivity contribution is -0.137. The van der Waals surface area contributed by atoms with Crippen molar-refractivity contribution in [2.45, 2.75) is 46.2 Å². The van der Waals surface area contributed by atoms with Crippen molar-refractivity contribution in [2.75, 3.05) is 5.32 Å². The smallest absolute Gasteiger partial charge is 0.327 e. The number of amides is 1. The van der Waals surface area contributed by atoms with Crippen molar-refractivity contribution in [1.29, 1.82) is 0 Å². The van der Waals surface area contributed by atoms with E-state index in [1.807, 2.05) is 4.98 Å². The first-order valence-electron chi connectivity index (χ1n) is 8.68. The Morgan fingerprint density at radius 1 is 1.26 bits per heavy atom. The molecule has 0 radical (unpaired) electrons. The molecule has 2 aromatic rings. The molecule has 0 saturated carbocycles. The van der Waals surface area contributed by atoms with E-state index in [1.165, 1.54) is 11.3 Å². The number of halogens is 3. The molecule has 0 aliphatic heterocycles. The number of pyridine rings is 1. The second kappa shape index (κ2) is 6.82. The molecule has 27 heavy (non-hydrogen) atoms. The van der Waals surface area contributed by atoms with E-state index in [4.69, 9.17) is 0 Å². The normalized spacial score (nSPS) is 17.5. The largest absolute Gasteiger partial charge is 0.417 e. The molecule has 3 rings (SSSR count). The van der Waals surface area contributed by atoms with Gasteiger partial charge in [-0.3, -0.25) is 9.59 Å². The molecule has 1 aliphatic carbocycles. The van der Waals surface area contributed by atoms with Gasteiger partial charge in [-0.05, 0) is 48.3 Å². The quantitative estimate of drug-likeness (QED) is 0.759. The molecule has 4 nitrogen and oxygen atoms in total. The highest BCUT2D eigenvalue weighted by Crippen LogP contribution is 2.40. The van der Waals surface area contributed by atoms with Crippen molar-refractivity contribution in [3.05, 3.63) is 49.6 Å². The first kappa shape index (κ1) is 19.7. The average molecular weight is 398 g/mol. The zero-order valence-corrected chi connectivity index (χ0v) is 16.1. The molecule has 0 saturated heterocycles. The topological polar surface area (TPSA) is 62.0 Å². The second-order valence-electron chi connectivity index (χ2n) is 7.95. The van der Waals surface area contributed by atoms with E-state index >= 15 is 0 Å². The fraction of sp³-hybridized carbons (Fsp3) is 0.474. The second-order valence-corrected chi connectivity index (χ2v) is 9.08. The van der Waals surface area contributed by atoms with Crippen LogP contribution in [0, 0.1) is 11.3 Å². The van der Waals surface area contributed by atoms with Gasteiger partial charge in [0.1, 0.15) is 5.69 Å². The maximum atomic E-state index is 12.8. The third kappa shape index (κ3) is 4.26. The summed E-state index contributed by atoms with van der Waals surface area (Å²) in [6.45, 7) is 6.59. The number of aromatic nitrogens is 1. The van der Waals surface area contributed by atoms with Crippen LogP contribution < -0.4 is 10.9 Å². The number of aryl methyl sites for hydroxylation is 1. The highest BCUT2D eigenvalue weighted by Gasteiger charge is 2.32. The maximum absolute atomic E-state index is 12.8. The number of anilines is 1. The van der Waals surface area contributed by atoms with Crippen molar-refractivity contribution < 1.29 is 18.0 Å². The molecule has 2 aromatic heterocycles. The summed E-state index contributed by atoms with van der Waals surface area (Å²) in [7, 11) is 0. The van der Waals surface area contributed by atoms with Crippen LogP contribution in [0.2, 0.25) is 0 Å². The van der Waals surface area contributed by atoms with Crippen molar-refractivity contribution in [1.82, 2.24) is 4.98 Å². The summed E-state index contributed by atoms with van der Waals surface area (Å²) in [5.41, 5.74) is -0.905. The average Bonchev–Trinajstić information content (AvgIpc) is 2.98. The number of thiophene rings is 1. The van der Waals surface area contributed by atoms with Crippen molar-refractivity contribution in [3.63, 3.8) is 0 Å². The van der Waals surface area contributed by atoms with Crippen LogP contribution in [-0.2, 0) is 19.0 Å². The summed E-state index contributed by atoms with van der Waals surface area (Å²) >= 11 is 1.34. The summed E-state index contributed by atoms with van der Waals surface area (Å²) < 4.78 is 38.4. The third-order valence-electron chi connectivity index (χ3n) is 5.01. The standard InChI is InChI=1S/C19H21F3N2O2S/c1-18(2,3)11-4-5-14-10(6-11)7-15(27-14)17(26)24-13-8-12(19(20,21)22)9-23-16(13)25/h7-9,11H,4-6H2,1-3H3,(H,23,25)(H,24,26). The predicted octanol–water partition coefficient (Wildman–Crippen LogP) is 4.86. The number of carbonyl (C=O) groups excluding carboxylic acids is 1. The first-order valence-corrected chi connectivity index (χ1v) is 9.49. The van der Waals surface area contributed by atoms with Gasteiger partial charge in [-0.2, -0.15) is 13.2 Å². The molecule has 146 valence electrons. The molecule has 8 heteroatoms. The number of carbonyl (C=O) groups is 1. The number of aromatic amines is 1. The van der Waals surface area contributed by atoms with E-state index in [1.54, 1.807) is 6.07 Å². The highest BCUT2D eigenvalue weighted by molar-refractivity contribution is 7.14. The van der Waals surface area contributed by atoms with Crippen LogP contribution in [-0.4, -0.2) is 10.9 Å². The van der Waals surface area contributed by atoms with Crippen LogP contribution in [0.25, 0.3) is 0 Å². The molecule has 1 unspecified atom stereocenters.